The molecule has 2 heterocycles. The second-order valence-electron chi connectivity index (χ2n) is 5.08. The number of aromatic amines is 1. The summed E-state index contributed by atoms with van der Waals surface area (Å²) < 4.78 is 1.60. The average molecular weight is 358 g/mol. The summed E-state index contributed by atoms with van der Waals surface area (Å²) in [6, 6.07) is 8.16. The molecular weight excluding hydrogens is 344 g/mol. The molecule has 0 aliphatic heterocycles. The van der Waals surface area contributed by atoms with Crippen LogP contribution in [0.2, 0.25) is 0 Å². The predicted molar refractivity (Wildman–Crippen MR) is 93.7 cm³/mol. The van der Waals surface area contributed by atoms with Gasteiger partial charge in [-0.3, -0.25) is 23.8 Å². The Balaban J connectivity index is 1.58. The molecule has 3 rings (SSSR count). The van der Waals surface area contributed by atoms with Gasteiger partial charge in [-0.2, -0.15) is 0 Å². The van der Waals surface area contributed by atoms with Crippen molar-refractivity contribution in [3.63, 3.8) is 0 Å². The summed E-state index contributed by atoms with van der Waals surface area (Å²) in [5.41, 5.74) is 1.01. The number of rotatable bonds is 5. The number of thioether (sulfide) groups is 1. The maximum Gasteiger partial charge on any atom is 0.252 e. The lowest BCUT2D eigenvalue weighted by atomic mass is 10.3. The molecule has 0 saturated carbocycles. The number of fused-ring (bicyclic) bond motifs is 1. The molecule has 0 bridgehead atoms. The summed E-state index contributed by atoms with van der Waals surface area (Å²) in [5, 5.41) is 13.7. The van der Waals surface area contributed by atoms with Gasteiger partial charge in [0, 0.05) is 30.6 Å². The highest BCUT2D eigenvalue weighted by Gasteiger charge is 2.10. The van der Waals surface area contributed by atoms with Crippen molar-refractivity contribution in [1.82, 2.24) is 19.6 Å². The van der Waals surface area contributed by atoms with Crippen molar-refractivity contribution in [2.45, 2.75) is 12.1 Å². The molecule has 25 heavy (non-hydrogen) atoms. The lowest BCUT2D eigenvalue weighted by Crippen LogP contribution is -2.14. The second kappa shape index (κ2) is 7.18. The summed E-state index contributed by atoms with van der Waals surface area (Å²) >= 11 is 1.20. The Kier molecular flexibility index (Phi) is 4.80. The molecule has 0 unspecified atom stereocenters. The maximum atomic E-state index is 12.0. The standard InChI is InChI=1S/C15H14N6O3S/c1-9(22)16-10-2-4-11(5-3-10)17-13(24)8-25-15-20-19-14-18-12(23)6-7-21(14)15/h2-7H,8H2,1H3,(H,16,22)(H,17,24)(H,18,19,23). The van der Waals surface area contributed by atoms with E-state index in [1.54, 1.807) is 34.9 Å². The first-order valence-corrected chi connectivity index (χ1v) is 8.24. The number of hydrogen-bond donors (Lipinski definition) is 3. The smallest absolute Gasteiger partial charge is 0.252 e. The van der Waals surface area contributed by atoms with Crippen LogP contribution >= 0.6 is 11.8 Å². The third kappa shape index (κ3) is 4.23. The minimum atomic E-state index is -0.267. The molecule has 10 heteroatoms. The van der Waals surface area contributed by atoms with E-state index in [2.05, 4.69) is 25.8 Å². The zero-order valence-corrected chi connectivity index (χ0v) is 14.0. The van der Waals surface area contributed by atoms with Crippen LogP contribution in [-0.2, 0) is 9.59 Å². The van der Waals surface area contributed by atoms with E-state index in [4.69, 9.17) is 0 Å². The minimum Gasteiger partial charge on any atom is -0.326 e. The highest BCUT2D eigenvalue weighted by Crippen LogP contribution is 2.17. The molecule has 128 valence electrons. The minimum absolute atomic E-state index is 0.132. The maximum absolute atomic E-state index is 12.0. The number of aromatic nitrogens is 4. The Labute approximate surface area is 145 Å². The van der Waals surface area contributed by atoms with Gasteiger partial charge in [0.1, 0.15) is 0 Å². The van der Waals surface area contributed by atoms with Crippen LogP contribution in [0.5, 0.6) is 0 Å². The molecule has 9 nitrogen and oxygen atoms in total. The van der Waals surface area contributed by atoms with E-state index in [9.17, 15) is 14.4 Å². The van der Waals surface area contributed by atoms with Crippen LogP contribution < -0.4 is 16.2 Å². The molecule has 0 atom stereocenters. The van der Waals surface area contributed by atoms with E-state index in [1.165, 1.54) is 24.8 Å². The van der Waals surface area contributed by atoms with Gasteiger partial charge in [-0.15, -0.1) is 10.2 Å². The third-order valence-electron chi connectivity index (χ3n) is 3.10. The summed E-state index contributed by atoms with van der Waals surface area (Å²) in [7, 11) is 0. The van der Waals surface area contributed by atoms with E-state index in [-0.39, 0.29) is 23.1 Å². The van der Waals surface area contributed by atoms with Gasteiger partial charge < -0.3 is 10.6 Å². The molecule has 0 spiro atoms. The van der Waals surface area contributed by atoms with E-state index in [0.717, 1.165) is 0 Å². The van der Waals surface area contributed by atoms with E-state index in [0.29, 0.717) is 22.3 Å². The first-order valence-electron chi connectivity index (χ1n) is 7.25. The molecule has 2 aromatic heterocycles. The Morgan fingerprint density at radius 1 is 1.12 bits per heavy atom. The summed E-state index contributed by atoms with van der Waals surface area (Å²) in [5.74, 6) is 0.0883. The number of benzene rings is 1. The van der Waals surface area contributed by atoms with Crippen LogP contribution in [0.25, 0.3) is 5.78 Å². The topological polar surface area (TPSA) is 121 Å². The second-order valence-corrected chi connectivity index (χ2v) is 6.02. The van der Waals surface area contributed by atoms with Crippen molar-refractivity contribution in [3.05, 3.63) is 46.9 Å². The van der Waals surface area contributed by atoms with Crippen molar-refractivity contribution in [3.8, 4) is 0 Å². The molecule has 2 amide bonds. The van der Waals surface area contributed by atoms with Crippen molar-refractivity contribution < 1.29 is 9.59 Å². The van der Waals surface area contributed by atoms with Crippen molar-refractivity contribution in [1.29, 1.82) is 0 Å². The Morgan fingerprint density at radius 2 is 1.80 bits per heavy atom. The van der Waals surface area contributed by atoms with E-state index in [1.807, 2.05) is 0 Å². The normalized spacial score (nSPS) is 10.6. The van der Waals surface area contributed by atoms with Crippen molar-refractivity contribution in [2.24, 2.45) is 0 Å². The first-order chi connectivity index (χ1) is 12.0. The Bertz CT molecular complexity index is 979. The summed E-state index contributed by atoms with van der Waals surface area (Å²) in [6.07, 6.45) is 1.55. The van der Waals surface area contributed by atoms with Gasteiger partial charge in [0.15, 0.2) is 5.16 Å². The largest absolute Gasteiger partial charge is 0.326 e. The zero-order valence-electron chi connectivity index (χ0n) is 13.1. The molecule has 0 aliphatic carbocycles. The van der Waals surface area contributed by atoms with Crippen molar-refractivity contribution >= 4 is 40.7 Å². The van der Waals surface area contributed by atoms with Crippen LogP contribution in [0.15, 0.2) is 46.5 Å². The molecule has 0 aliphatic rings. The van der Waals surface area contributed by atoms with Gasteiger partial charge in [0.05, 0.1) is 5.75 Å². The molecule has 0 radical (unpaired) electrons. The fraction of sp³-hybridized carbons (Fsp3) is 0.133. The van der Waals surface area contributed by atoms with Gasteiger partial charge >= 0.3 is 0 Å². The number of H-pyrrole nitrogens is 1. The van der Waals surface area contributed by atoms with Crippen LogP contribution in [0.1, 0.15) is 6.92 Å². The molecular formula is C15H14N6O3S. The number of nitrogens with zero attached hydrogens (tertiary/aromatic N) is 3. The number of hydrogen-bond acceptors (Lipinski definition) is 6. The molecule has 0 fully saturated rings. The Morgan fingerprint density at radius 3 is 2.48 bits per heavy atom. The number of carbonyl (C=O) groups excluding carboxylic acids is 2. The first kappa shape index (κ1) is 16.7. The summed E-state index contributed by atoms with van der Waals surface area (Å²) in [6.45, 7) is 1.43. The molecule has 3 N–H and O–H groups in total. The van der Waals surface area contributed by atoms with E-state index < -0.39 is 0 Å². The monoisotopic (exact) mass is 358 g/mol. The van der Waals surface area contributed by atoms with Crippen LogP contribution in [-0.4, -0.2) is 37.1 Å². The average Bonchev–Trinajstić information content (AvgIpc) is 2.96. The molecule has 3 aromatic rings. The lowest BCUT2D eigenvalue weighted by molar-refractivity contribution is -0.114. The summed E-state index contributed by atoms with van der Waals surface area (Å²) in [4.78, 5) is 36.8. The lowest BCUT2D eigenvalue weighted by Gasteiger charge is -2.06. The van der Waals surface area contributed by atoms with Crippen molar-refractivity contribution in [2.75, 3.05) is 16.4 Å². The third-order valence-corrected chi connectivity index (χ3v) is 4.04. The highest BCUT2D eigenvalue weighted by atomic mass is 32.2. The van der Waals surface area contributed by atoms with Crippen LogP contribution in [0.4, 0.5) is 11.4 Å². The van der Waals surface area contributed by atoms with Gasteiger partial charge in [0.25, 0.3) is 5.56 Å². The highest BCUT2D eigenvalue weighted by molar-refractivity contribution is 7.99. The van der Waals surface area contributed by atoms with Gasteiger partial charge in [-0.05, 0) is 24.3 Å². The quantitative estimate of drug-likeness (QED) is 0.587. The van der Waals surface area contributed by atoms with Crippen LogP contribution in [0, 0.1) is 0 Å². The predicted octanol–water partition coefficient (Wildman–Crippen LogP) is 1.11. The number of carbonyl (C=O) groups is 2. The van der Waals surface area contributed by atoms with Gasteiger partial charge in [-0.1, -0.05) is 11.8 Å². The van der Waals surface area contributed by atoms with Crippen LogP contribution in [0.3, 0.4) is 0 Å². The molecule has 0 saturated heterocycles. The zero-order chi connectivity index (χ0) is 17.8. The van der Waals surface area contributed by atoms with Gasteiger partial charge in [0.2, 0.25) is 17.6 Å². The fourth-order valence-electron chi connectivity index (χ4n) is 2.06. The number of anilines is 2. The molecule has 1 aromatic carbocycles. The number of nitrogens with one attached hydrogen (secondary N) is 3. The number of amides is 2. The van der Waals surface area contributed by atoms with E-state index >= 15 is 0 Å². The SMILES string of the molecule is CC(=O)Nc1ccc(NC(=O)CSc2nnc3[nH]c(=O)ccn23)cc1. The van der Waals surface area contributed by atoms with Gasteiger partial charge in [-0.25, -0.2) is 0 Å². The Hall–Kier alpha value is -3.14. The fourth-order valence-corrected chi connectivity index (χ4v) is 2.77.